The van der Waals surface area contributed by atoms with Crippen LogP contribution in [0.2, 0.25) is 0 Å². The van der Waals surface area contributed by atoms with E-state index in [0.717, 1.165) is 27.8 Å². The minimum atomic E-state index is -0.483. The van der Waals surface area contributed by atoms with Gasteiger partial charge in [-0.3, -0.25) is 0 Å². The van der Waals surface area contributed by atoms with Crippen LogP contribution in [0, 0.1) is 0 Å². The maximum Gasteiger partial charge on any atom is 0.137 e. The third-order valence-electron chi connectivity index (χ3n) is 3.42. The fraction of sp³-hybridized carbons (Fsp3) is 0.188. The average molecular weight is 267 g/mol. The number of hydrogen-bond acceptors (Lipinski definition) is 3. The summed E-state index contributed by atoms with van der Waals surface area (Å²) in [7, 11) is 0. The first-order valence-electron chi connectivity index (χ1n) is 6.67. The van der Waals surface area contributed by atoms with Gasteiger partial charge in [0, 0.05) is 35.6 Å². The molecule has 3 aromatic rings. The number of rotatable bonds is 4. The number of H-pyrrole nitrogens is 1. The zero-order valence-electron chi connectivity index (χ0n) is 11.3. The van der Waals surface area contributed by atoms with E-state index < -0.39 is 6.10 Å². The maximum absolute atomic E-state index is 9.78. The molecular weight excluding hydrogens is 250 g/mol. The Kier molecular flexibility index (Phi) is 3.39. The van der Waals surface area contributed by atoms with Gasteiger partial charge < -0.3 is 15.4 Å². The molecule has 4 heteroatoms. The lowest BCUT2D eigenvalue weighted by Gasteiger charge is -2.13. The van der Waals surface area contributed by atoms with Gasteiger partial charge in [0.15, 0.2) is 0 Å². The van der Waals surface area contributed by atoms with Crippen molar-refractivity contribution in [1.82, 2.24) is 9.97 Å². The van der Waals surface area contributed by atoms with Crippen molar-refractivity contribution < 1.29 is 5.11 Å². The van der Waals surface area contributed by atoms with Crippen molar-refractivity contribution in [3.05, 3.63) is 59.9 Å². The van der Waals surface area contributed by atoms with Crippen molar-refractivity contribution in [1.29, 1.82) is 0 Å². The Morgan fingerprint density at radius 3 is 2.95 bits per heavy atom. The fourth-order valence-electron chi connectivity index (χ4n) is 2.37. The van der Waals surface area contributed by atoms with Crippen molar-refractivity contribution in [2.75, 3.05) is 5.32 Å². The SMILES string of the molecule is CC(O)c1ccccc1NCc1c[nH]c2ncccc12. The molecule has 1 atom stereocenters. The van der Waals surface area contributed by atoms with E-state index in [0.29, 0.717) is 6.54 Å². The van der Waals surface area contributed by atoms with Gasteiger partial charge in [0.2, 0.25) is 0 Å². The molecule has 4 nitrogen and oxygen atoms in total. The Bertz CT molecular complexity index is 718. The second-order valence-electron chi connectivity index (χ2n) is 4.83. The summed E-state index contributed by atoms with van der Waals surface area (Å²) in [6.07, 6.45) is 3.26. The Morgan fingerprint density at radius 2 is 2.10 bits per heavy atom. The number of aliphatic hydroxyl groups excluding tert-OH is 1. The molecule has 3 rings (SSSR count). The number of aliphatic hydroxyl groups is 1. The molecule has 20 heavy (non-hydrogen) atoms. The number of aromatic nitrogens is 2. The molecule has 2 aromatic heterocycles. The summed E-state index contributed by atoms with van der Waals surface area (Å²) in [6.45, 7) is 2.46. The monoisotopic (exact) mass is 267 g/mol. The third kappa shape index (κ3) is 2.38. The van der Waals surface area contributed by atoms with Crippen molar-refractivity contribution in [3.63, 3.8) is 0 Å². The van der Waals surface area contributed by atoms with E-state index in [1.807, 2.05) is 36.5 Å². The van der Waals surface area contributed by atoms with Gasteiger partial charge in [0.05, 0.1) is 6.10 Å². The van der Waals surface area contributed by atoms with E-state index in [1.165, 1.54) is 0 Å². The Morgan fingerprint density at radius 1 is 1.25 bits per heavy atom. The Labute approximate surface area is 117 Å². The summed E-state index contributed by atoms with van der Waals surface area (Å²) < 4.78 is 0. The van der Waals surface area contributed by atoms with Crippen molar-refractivity contribution >= 4 is 16.7 Å². The van der Waals surface area contributed by atoms with Gasteiger partial charge in [0.25, 0.3) is 0 Å². The van der Waals surface area contributed by atoms with Crippen LogP contribution in [0.4, 0.5) is 5.69 Å². The van der Waals surface area contributed by atoms with Gasteiger partial charge in [-0.1, -0.05) is 18.2 Å². The number of para-hydroxylation sites is 1. The molecule has 0 fully saturated rings. The van der Waals surface area contributed by atoms with Crippen LogP contribution in [-0.2, 0) is 6.54 Å². The molecular formula is C16H17N3O. The maximum atomic E-state index is 9.78. The zero-order chi connectivity index (χ0) is 13.9. The molecule has 2 heterocycles. The van der Waals surface area contributed by atoms with E-state index in [4.69, 9.17) is 0 Å². The normalized spacial score (nSPS) is 12.5. The quantitative estimate of drug-likeness (QED) is 0.680. The summed E-state index contributed by atoms with van der Waals surface area (Å²) in [5.74, 6) is 0. The highest BCUT2D eigenvalue weighted by molar-refractivity contribution is 5.79. The molecule has 0 aliphatic rings. The smallest absolute Gasteiger partial charge is 0.137 e. The molecule has 0 saturated carbocycles. The summed E-state index contributed by atoms with van der Waals surface area (Å²) in [5, 5.41) is 14.3. The van der Waals surface area contributed by atoms with Crippen LogP contribution >= 0.6 is 0 Å². The molecule has 1 unspecified atom stereocenters. The van der Waals surface area contributed by atoms with E-state index in [9.17, 15) is 5.11 Å². The van der Waals surface area contributed by atoms with Gasteiger partial charge in [-0.2, -0.15) is 0 Å². The summed E-state index contributed by atoms with van der Waals surface area (Å²) in [4.78, 5) is 7.44. The highest BCUT2D eigenvalue weighted by atomic mass is 16.3. The first kappa shape index (κ1) is 12.7. The Hall–Kier alpha value is -2.33. The van der Waals surface area contributed by atoms with Crippen LogP contribution in [0.3, 0.4) is 0 Å². The first-order chi connectivity index (χ1) is 9.75. The largest absolute Gasteiger partial charge is 0.389 e. The number of pyridine rings is 1. The van der Waals surface area contributed by atoms with Crippen molar-refractivity contribution in [2.24, 2.45) is 0 Å². The predicted molar refractivity (Wildman–Crippen MR) is 80.5 cm³/mol. The number of aromatic amines is 1. The minimum absolute atomic E-state index is 0.483. The molecule has 0 radical (unpaired) electrons. The van der Waals surface area contributed by atoms with E-state index in [-0.39, 0.29) is 0 Å². The zero-order valence-corrected chi connectivity index (χ0v) is 11.3. The standard InChI is InChI=1S/C16H17N3O/c1-11(20)13-5-2-3-7-15(13)18-9-12-10-19-16-14(12)6-4-8-17-16/h2-8,10-11,18,20H,9H2,1H3,(H,17,19). The molecule has 0 bridgehead atoms. The van der Waals surface area contributed by atoms with Crippen molar-refractivity contribution in [2.45, 2.75) is 19.6 Å². The van der Waals surface area contributed by atoms with Crippen LogP contribution < -0.4 is 5.32 Å². The molecule has 3 N–H and O–H groups in total. The highest BCUT2D eigenvalue weighted by Gasteiger charge is 2.08. The first-order valence-corrected chi connectivity index (χ1v) is 6.67. The minimum Gasteiger partial charge on any atom is -0.389 e. The van der Waals surface area contributed by atoms with Crippen LogP contribution in [0.5, 0.6) is 0 Å². The van der Waals surface area contributed by atoms with Crippen LogP contribution in [-0.4, -0.2) is 15.1 Å². The number of anilines is 1. The summed E-state index contributed by atoms with van der Waals surface area (Å²) in [5.41, 5.74) is 3.92. The van der Waals surface area contributed by atoms with Crippen LogP contribution in [0.25, 0.3) is 11.0 Å². The topological polar surface area (TPSA) is 60.9 Å². The number of benzene rings is 1. The summed E-state index contributed by atoms with van der Waals surface area (Å²) >= 11 is 0. The second kappa shape index (κ2) is 5.35. The lowest BCUT2D eigenvalue weighted by atomic mass is 10.1. The number of fused-ring (bicyclic) bond motifs is 1. The van der Waals surface area contributed by atoms with E-state index in [2.05, 4.69) is 21.4 Å². The molecule has 102 valence electrons. The van der Waals surface area contributed by atoms with Crippen LogP contribution in [0.15, 0.2) is 48.8 Å². The number of nitrogens with one attached hydrogen (secondary N) is 2. The second-order valence-corrected chi connectivity index (χ2v) is 4.83. The van der Waals surface area contributed by atoms with E-state index >= 15 is 0 Å². The molecule has 0 saturated heterocycles. The van der Waals surface area contributed by atoms with Gasteiger partial charge >= 0.3 is 0 Å². The fourth-order valence-corrected chi connectivity index (χ4v) is 2.37. The average Bonchev–Trinajstić information content (AvgIpc) is 2.88. The third-order valence-corrected chi connectivity index (χ3v) is 3.42. The predicted octanol–water partition coefficient (Wildman–Crippen LogP) is 3.23. The van der Waals surface area contributed by atoms with Gasteiger partial charge in [-0.25, -0.2) is 4.98 Å². The number of hydrogen-bond donors (Lipinski definition) is 3. The molecule has 1 aromatic carbocycles. The van der Waals surface area contributed by atoms with Gasteiger partial charge in [-0.15, -0.1) is 0 Å². The molecule has 0 aliphatic carbocycles. The Balaban J connectivity index is 1.83. The van der Waals surface area contributed by atoms with Crippen molar-refractivity contribution in [3.8, 4) is 0 Å². The number of nitrogens with zero attached hydrogens (tertiary/aromatic N) is 1. The molecule has 0 amide bonds. The van der Waals surface area contributed by atoms with Crippen LogP contribution in [0.1, 0.15) is 24.2 Å². The highest BCUT2D eigenvalue weighted by Crippen LogP contribution is 2.24. The lowest BCUT2D eigenvalue weighted by Crippen LogP contribution is -2.03. The van der Waals surface area contributed by atoms with Gasteiger partial charge in [0.1, 0.15) is 5.65 Å². The van der Waals surface area contributed by atoms with Gasteiger partial charge in [-0.05, 0) is 30.7 Å². The molecule has 0 aliphatic heterocycles. The summed E-state index contributed by atoms with van der Waals surface area (Å²) in [6, 6.07) is 11.8. The van der Waals surface area contributed by atoms with E-state index in [1.54, 1.807) is 13.1 Å². The lowest BCUT2D eigenvalue weighted by molar-refractivity contribution is 0.200. The molecule has 0 spiro atoms.